The van der Waals surface area contributed by atoms with Gasteiger partial charge in [0.2, 0.25) is 0 Å². The lowest BCUT2D eigenvalue weighted by atomic mass is 10.2. The molecule has 54 heavy (non-hydrogen) atoms. The van der Waals surface area contributed by atoms with Crippen LogP contribution < -0.4 is 22.1 Å². The van der Waals surface area contributed by atoms with Crippen LogP contribution in [-0.2, 0) is 0 Å². The van der Waals surface area contributed by atoms with E-state index in [4.69, 9.17) is 11.5 Å². The van der Waals surface area contributed by atoms with E-state index in [2.05, 4.69) is 60.5 Å². The van der Waals surface area contributed by atoms with E-state index in [0.717, 1.165) is 22.7 Å². The van der Waals surface area contributed by atoms with Crippen LogP contribution in [0.4, 0.5) is 23.3 Å². The van der Waals surface area contributed by atoms with E-state index in [9.17, 15) is 10.5 Å². The van der Waals surface area contributed by atoms with Crippen LogP contribution in [0.15, 0.2) is 98.1 Å². The molecule has 18 heteroatoms. The molecule has 0 aromatic carbocycles. The van der Waals surface area contributed by atoms with Gasteiger partial charge in [-0.2, -0.15) is 10.5 Å². The smallest absolute Gasteiger partial charge is 0.178 e. The third-order valence-electron chi connectivity index (χ3n) is 8.13. The average molecular weight is 715 g/mol. The second-order valence-electron chi connectivity index (χ2n) is 11.6. The molecule has 0 spiro atoms. The van der Waals surface area contributed by atoms with Crippen molar-refractivity contribution in [2.45, 2.75) is 25.9 Å². The molecule has 8 aromatic heterocycles. The molecule has 264 valence electrons. The lowest BCUT2D eigenvalue weighted by Crippen LogP contribution is -2.16. The predicted molar refractivity (Wildman–Crippen MR) is 200 cm³/mol. The lowest BCUT2D eigenvalue weighted by Gasteiger charge is -2.17. The number of nitrogens with two attached hydrogens (primary N) is 2. The van der Waals surface area contributed by atoms with Crippen molar-refractivity contribution in [2.24, 2.45) is 0 Å². The van der Waals surface area contributed by atoms with Gasteiger partial charge in [0.15, 0.2) is 11.3 Å². The van der Waals surface area contributed by atoms with Crippen molar-refractivity contribution < 1.29 is 0 Å². The number of anilines is 4. The van der Waals surface area contributed by atoms with Gasteiger partial charge in [-0.15, -0.1) is 0 Å². The Morgan fingerprint density at radius 2 is 0.981 bits per heavy atom. The van der Waals surface area contributed by atoms with Crippen molar-refractivity contribution in [1.82, 2.24) is 59.0 Å². The van der Waals surface area contributed by atoms with Crippen LogP contribution >= 0.6 is 0 Å². The zero-order chi connectivity index (χ0) is 37.6. The number of nitriles is 2. The summed E-state index contributed by atoms with van der Waals surface area (Å²) in [5.41, 5.74) is 14.8. The highest BCUT2D eigenvalue weighted by molar-refractivity contribution is 5.75. The highest BCUT2D eigenvalue weighted by Gasteiger charge is 2.23. The van der Waals surface area contributed by atoms with Gasteiger partial charge in [-0.1, -0.05) is 12.1 Å². The molecule has 8 rings (SSSR count). The topological polar surface area (TPSA) is 262 Å². The Bertz CT molecular complexity index is 2470. The summed E-state index contributed by atoms with van der Waals surface area (Å²) < 4.78 is 3.85. The van der Waals surface area contributed by atoms with Crippen LogP contribution in [0.25, 0.3) is 34.0 Å². The number of hydrogen-bond acceptors (Lipinski definition) is 16. The number of nitrogens with one attached hydrogen (secondary N) is 2. The number of pyridine rings is 4. The fourth-order valence-electron chi connectivity index (χ4n) is 5.67. The molecule has 8 heterocycles. The van der Waals surface area contributed by atoms with Crippen LogP contribution in [0, 0.1) is 22.7 Å². The number of rotatable bonds is 8. The van der Waals surface area contributed by atoms with Gasteiger partial charge in [-0.25, -0.2) is 49.8 Å². The van der Waals surface area contributed by atoms with Crippen LogP contribution in [0.1, 0.15) is 48.7 Å². The molecule has 0 aliphatic rings. The monoisotopic (exact) mass is 714 g/mol. The summed E-state index contributed by atoms with van der Waals surface area (Å²) in [6.07, 6.45) is 9.46. The van der Waals surface area contributed by atoms with Crippen molar-refractivity contribution in [3.05, 3.63) is 121 Å². The minimum absolute atomic E-state index is 0.127. The molecule has 0 radical (unpaired) electrons. The quantitative estimate of drug-likeness (QED) is 0.169. The summed E-state index contributed by atoms with van der Waals surface area (Å²) in [6, 6.07) is 22.3. The van der Waals surface area contributed by atoms with E-state index in [-0.39, 0.29) is 34.8 Å². The molecule has 0 aliphatic carbocycles. The molecule has 0 aliphatic heterocycles. The fraction of sp³-hybridized carbons (Fsp3) is 0.111. The second kappa shape index (κ2) is 15.0. The summed E-state index contributed by atoms with van der Waals surface area (Å²) in [7, 11) is 0. The van der Waals surface area contributed by atoms with Crippen molar-refractivity contribution in [3.63, 3.8) is 0 Å². The van der Waals surface area contributed by atoms with E-state index >= 15 is 0 Å². The number of imidazole rings is 2. The molecule has 0 saturated heterocycles. The summed E-state index contributed by atoms with van der Waals surface area (Å²) in [5.74, 6) is 3.77. The molecule has 0 fully saturated rings. The van der Waals surface area contributed by atoms with Gasteiger partial charge in [-0.05, 0) is 62.4 Å². The first kappa shape index (κ1) is 34.3. The van der Waals surface area contributed by atoms with Gasteiger partial charge in [0.1, 0.15) is 82.5 Å². The van der Waals surface area contributed by atoms with Crippen LogP contribution in [-0.4, -0.2) is 59.0 Å². The van der Waals surface area contributed by atoms with Gasteiger partial charge in [-0.3, -0.25) is 9.13 Å². The molecule has 6 N–H and O–H groups in total. The lowest BCUT2D eigenvalue weighted by molar-refractivity contribution is 0.759. The first-order valence-corrected chi connectivity index (χ1v) is 16.4. The third kappa shape index (κ3) is 6.68. The highest BCUT2D eigenvalue weighted by Crippen LogP contribution is 2.28. The van der Waals surface area contributed by atoms with Gasteiger partial charge in [0.25, 0.3) is 0 Å². The van der Waals surface area contributed by atoms with Gasteiger partial charge in [0.05, 0.1) is 23.1 Å². The van der Waals surface area contributed by atoms with E-state index in [0.29, 0.717) is 34.6 Å². The second-order valence-corrected chi connectivity index (χ2v) is 11.6. The standard InChI is InChI=1S/2C18H15N9/c2*1-11(25-16-12(9-19)15(20)23-10-24-16)18-26-17-13(5-4-8-22-17)27(18)14-6-2-3-7-21-14/h2*2-8,10-11H,1H3,(H3,20,23,24,25)/t2*11-/m10/s1. The fourth-order valence-corrected chi connectivity index (χ4v) is 5.67. The zero-order valence-corrected chi connectivity index (χ0v) is 28.8. The van der Waals surface area contributed by atoms with Crippen molar-refractivity contribution in [2.75, 3.05) is 22.1 Å². The molecule has 0 saturated carbocycles. The molecule has 8 aromatic rings. The van der Waals surface area contributed by atoms with Crippen LogP contribution in [0.5, 0.6) is 0 Å². The van der Waals surface area contributed by atoms with Crippen molar-refractivity contribution in [1.29, 1.82) is 10.5 Å². The maximum atomic E-state index is 9.34. The van der Waals surface area contributed by atoms with Gasteiger partial charge in [0, 0.05) is 24.8 Å². The Kier molecular flexibility index (Phi) is 9.54. The Balaban J connectivity index is 0.000000167. The molecule has 2 atom stereocenters. The molecule has 0 amide bonds. The van der Waals surface area contributed by atoms with E-state index in [1.54, 1.807) is 24.8 Å². The maximum absolute atomic E-state index is 9.34. The van der Waals surface area contributed by atoms with E-state index < -0.39 is 0 Å². The minimum atomic E-state index is -0.303. The first-order valence-electron chi connectivity index (χ1n) is 16.4. The Morgan fingerprint density at radius 3 is 1.37 bits per heavy atom. The summed E-state index contributed by atoms with van der Waals surface area (Å²) in [6.45, 7) is 3.83. The van der Waals surface area contributed by atoms with Gasteiger partial charge < -0.3 is 22.1 Å². The summed E-state index contributed by atoms with van der Waals surface area (Å²) >= 11 is 0. The van der Waals surface area contributed by atoms with Crippen molar-refractivity contribution >= 4 is 45.6 Å². The molecular weight excluding hydrogens is 685 g/mol. The maximum Gasteiger partial charge on any atom is 0.178 e. The largest absolute Gasteiger partial charge is 0.382 e. The minimum Gasteiger partial charge on any atom is -0.382 e. The van der Waals surface area contributed by atoms with Gasteiger partial charge >= 0.3 is 0 Å². The number of nitrogen functional groups attached to an aromatic ring is 2. The zero-order valence-electron chi connectivity index (χ0n) is 28.8. The van der Waals surface area contributed by atoms with Crippen molar-refractivity contribution in [3.8, 4) is 23.8 Å². The third-order valence-corrected chi connectivity index (χ3v) is 8.13. The number of fused-ring (bicyclic) bond motifs is 2. The van der Waals surface area contributed by atoms with E-state index in [1.807, 2.05) is 95.8 Å². The molecular formula is C36H30N18. The number of aromatic nitrogens is 12. The average Bonchev–Trinajstić information content (AvgIpc) is 3.79. The van der Waals surface area contributed by atoms with Crippen LogP contribution in [0.3, 0.4) is 0 Å². The SMILES string of the molecule is C[C@@H](Nc1ncnc(N)c1C#N)c1nc2ncccc2n1-c1ccccn1.C[C@H](Nc1ncnc(N)c1C#N)c1nc2ncccc2n1-c1ccccn1. The van der Waals surface area contributed by atoms with E-state index in [1.165, 1.54) is 12.7 Å². The Labute approximate surface area is 307 Å². The molecule has 0 unspecified atom stereocenters. The number of nitrogens with zero attached hydrogens (tertiary/aromatic N) is 14. The van der Waals surface area contributed by atoms with Crippen LogP contribution in [0.2, 0.25) is 0 Å². The first-order chi connectivity index (χ1) is 26.4. The normalized spacial score (nSPS) is 11.9. The Morgan fingerprint density at radius 1 is 0.556 bits per heavy atom. The predicted octanol–water partition coefficient (Wildman–Crippen LogP) is 4.46. The molecule has 0 bridgehead atoms. The summed E-state index contributed by atoms with van der Waals surface area (Å²) in [4.78, 5) is 42.9. The highest BCUT2D eigenvalue weighted by atomic mass is 15.2. The Hall–Kier alpha value is -8.12. The molecule has 18 nitrogen and oxygen atoms in total. The summed E-state index contributed by atoms with van der Waals surface area (Å²) in [5, 5.41) is 25.1. The number of hydrogen-bond donors (Lipinski definition) is 4.